The lowest BCUT2D eigenvalue weighted by Crippen LogP contribution is -2.49. The number of carbonyl (C=O) groups excluding carboxylic acids is 2. The normalized spacial score (nSPS) is 18.3. The van der Waals surface area contributed by atoms with E-state index in [9.17, 15) is 9.59 Å². The van der Waals surface area contributed by atoms with Gasteiger partial charge in [-0.1, -0.05) is 30.3 Å². The molecular weight excluding hydrogens is 350 g/mol. The Bertz CT molecular complexity index is 835. The summed E-state index contributed by atoms with van der Waals surface area (Å²) in [6.45, 7) is 7.35. The van der Waals surface area contributed by atoms with Crippen LogP contribution in [-0.4, -0.2) is 35.8 Å². The molecule has 0 aliphatic carbocycles. The Labute approximate surface area is 167 Å². The van der Waals surface area contributed by atoms with Crippen LogP contribution in [0.4, 0.5) is 11.4 Å². The van der Waals surface area contributed by atoms with E-state index in [2.05, 4.69) is 15.5 Å². The number of hydrogen-bond acceptors (Lipinski definition) is 3. The maximum Gasteiger partial charge on any atom is 0.241 e. The van der Waals surface area contributed by atoms with E-state index in [1.54, 1.807) is 0 Å². The highest BCUT2D eigenvalue weighted by molar-refractivity contribution is 5.95. The summed E-state index contributed by atoms with van der Waals surface area (Å²) >= 11 is 0. The Morgan fingerprint density at radius 2 is 1.82 bits per heavy atom. The number of aryl methyl sites for hydroxylation is 2. The Morgan fingerprint density at radius 1 is 1.07 bits per heavy atom. The van der Waals surface area contributed by atoms with Gasteiger partial charge in [0.15, 0.2) is 0 Å². The van der Waals surface area contributed by atoms with E-state index in [0.717, 1.165) is 41.9 Å². The molecule has 0 unspecified atom stereocenters. The van der Waals surface area contributed by atoms with Gasteiger partial charge >= 0.3 is 0 Å². The van der Waals surface area contributed by atoms with Crippen LogP contribution in [0.1, 0.15) is 30.9 Å². The zero-order valence-electron chi connectivity index (χ0n) is 16.9. The first kappa shape index (κ1) is 20.1. The first-order valence-corrected chi connectivity index (χ1v) is 9.92. The maximum atomic E-state index is 12.8. The van der Waals surface area contributed by atoms with Crippen molar-refractivity contribution in [2.75, 3.05) is 23.7 Å². The summed E-state index contributed by atoms with van der Waals surface area (Å²) in [4.78, 5) is 27.5. The molecule has 1 fully saturated rings. The van der Waals surface area contributed by atoms with Gasteiger partial charge < -0.3 is 10.6 Å². The topological polar surface area (TPSA) is 61.4 Å². The number of hydrogen-bond donors (Lipinski definition) is 2. The van der Waals surface area contributed by atoms with Crippen molar-refractivity contribution in [2.24, 2.45) is 5.92 Å². The van der Waals surface area contributed by atoms with Gasteiger partial charge in [-0.05, 0) is 69.5 Å². The second-order valence-corrected chi connectivity index (χ2v) is 7.67. The van der Waals surface area contributed by atoms with Gasteiger partial charge in [-0.25, -0.2) is 0 Å². The second kappa shape index (κ2) is 9.02. The standard InChI is InChI=1S/C23H29N3O2/c1-16-11-12-17(2)21(14-16)25-22(27)18(3)26-13-7-8-19(15-26)23(28)24-20-9-5-4-6-10-20/h4-6,9-12,14,18-19H,7-8,13,15H2,1-3H3,(H,24,28)(H,25,27)/t18-,19+/m0/s1. The number of piperidine rings is 1. The summed E-state index contributed by atoms with van der Waals surface area (Å²) in [6.07, 6.45) is 1.76. The van der Waals surface area contributed by atoms with Crippen molar-refractivity contribution in [3.63, 3.8) is 0 Å². The smallest absolute Gasteiger partial charge is 0.241 e. The molecule has 0 aromatic heterocycles. The first-order valence-electron chi connectivity index (χ1n) is 9.92. The Balaban J connectivity index is 1.60. The van der Waals surface area contributed by atoms with Gasteiger partial charge in [0.2, 0.25) is 11.8 Å². The van der Waals surface area contributed by atoms with E-state index in [4.69, 9.17) is 0 Å². The molecule has 148 valence electrons. The zero-order chi connectivity index (χ0) is 20.1. The van der Waals surface area contributed by atoms with Gasteiger partial charge in [-0.2, -0.15) is 0 Å². The molecule has 2 aromatic carbocycles. The second-order valence-electron chi connectivity index (χ2n) is 7.67. The van der Waals surface area contributed by atoms with Gasteiger partial charge in [-0.15, -0.1) is 0 Å². The van der Waals surface area contributed by atoms with Crippen LogP contribution in [0.25, 0.3) is 0 Å². The summed E-state index contributed by atoms with van der Waals surface area (Å²) < 4.78 is 0. The molecule has 0 radical (unpaired) electrons. The van der Waals surface area contributed by atoms with Gasteiger partial charge in [0.1, 0.15) is 0 Å². The number of carbonyl (C=O) groups is 2. The van der Waals surface area contributed by atoms with Crippen LogP contribution < -0.4 is 10.6 Å². The van der Waals surface area contributed by atoms with E-state index in [-0.39, 0.29) is 23.8 Å². The fourth-order valence-corrected chi connectivity index (χ4v) is 3.61. The van der Waals surface area contributed by atoms with E-state index >= 15 is 0 Å². The predicted molar refractivity (Wildman–Crippen MR) is 113 cm³/mol. The minimum atomic E-state index is -0.285. The molecule has 2 atom stereocenters. The fraction of sp³-hybridized carbons (Fsp3) is 0.391. The number of likely N-dealkylation sites (tertiary alicyclic amines) is 1. The largest absolute Gasteiger partial charge is 0.326 e. The molecule has 3 rings (SSSR count). The summed E-state index contributed by atoms with van der Waals surface area (Å²) in [5, 5.41) is 6.04. The molecule has 1 aliphatic heterocycles. The molecule has 5 nitrogen and oxygen atoms in total. The van der Waals surface area contributed by atoms with Crippen LogP contribution in [0.3, 0.4) is 0 Å². The SMILES string of the molecule is Cc1ccc(C)c(NC(=O)[C@H](C)N2CCC[C@@H](C(=O)Nc3ccccc3)C2)c1. The predicted octanol–water partition coefficient (Wildman–Crippen LogP) is 3.98. The van der Waals surface area contributed by atoms with E-state index < -0.39 is 0 Å². The summed E-state index contributed by atoms with van der Waals surface area (Å²) in [7, 11) is 0. The van der Waals surface area contributed by atoms with Crippen molar-refractivity contribution < 1.29 is 9.59 Å². The molecule has 2 aromatic rings. The highest BCUT2D eigenvalue weighted by Gasteiger charge is 2.31. The number of amides is 2. The minimum absolute atomic E-state index is 0.0260. The van der Waals surface area contributed by atoms with Gasteiger partial charge in [0, 0.05) is 17.9 Å². The summed E-state index contributed by atoms with van der Waals surface area (Å²) in [5.74, 6) is -0.110. The fourth-order valence-electron chi connectivity index (χ4n) is 3.61. The van der Waals surface area contributed by atoms with Crippen LogP contribution >= 0.6 is 0 Å². The van der Waals surface area contributed by atoms with Crippen LogP contribution in [0.15, 0.2) is 48.5 Å². The summed E-state index contributed by atoms with van der Waals surface area (Å²) in [5.41, 5.74) is 3.83. The van der Waals surface area contributed by atoms with E-state index in [1.165, 1.54) is 0 Å². The third-order valence-electron chi connectivity index (χ3n) is 5.44. The van der Waals surface area contributed by atoms with Crippen molar-refractivity contribution in [1.82, 2.24) is 4.90 Å². The number of benzene rings is 2. The third-order valence-corrected chi connectivity index (χ3v) is 5.44. The molecular formula is C23H29N3O2. The highest BCUT2D eigenvalue weighted by Crippen LogP contribution is 2.22. The van der Waals surface area contributed by atoms with Crippen molar-refractivity contribution in [3.8, 4) is 0 Å². The number of nitrogens with one attached hydrogen (secondary N) is 2. The van der Waals surface area contributed by atoms with Crippen molar-refractivity contribution in [1.29, 1.82) is 0 Å². The molecule has 0 bridgehead atoms. The number of anilines is 2. The van der Waals surface area contributed by atoms with Gasteiger partial charge in [0.25, 0.3) is 0 Å². The number of rotatable bonds is 5. The Hall–Kier alpha value is -2.66. The molecule has 1 saturated heterocycles. The van der Waals surface area contributed by atoms with Crippen molar-refractivity contribution in [3.05, 3.63) is 59.7 Å². The van der Waals surface area contributed by atoms with Crippen molar-refractivity contribution in [2.45, 2.75) is 39.7 Å². The molecule has 0 spiro atoms. The quantitative estimate of drug-likeness (QED) is 0.826. The minimum Gasteiger partial charge on any atom is -0.326 e. The molecule has 28 heavy (non-hydrogen) atoms. The molecule has 2 N–H and O–H groups in total. The molecule has 1 heterocycles. The monoisotopic (exact) mass is 379 g/mol. The van der Waals surface area contributed by atoms with Gasteiger partial charge in [-0.3, -0.25) is 14.5 Å². The Morgan fingerprint density at radius 3 is 2.57 bits per heavy atom. The molecule has 0 saturated carbocycles. The van der Waals surface area contributed by atoms with Crippen molar-refractivity contribution >= 4 is 23.2 Å². The molecule has 1 aliphatic rings. The third kappa shape index (κ3) is 4.98. The molecule has 5 heteroatoms. The summed E-state index contributed by atoms with van der Waals surface area (Å²) in [6, 6.07) is 15.3. The van der Waals surface area contributed by atoms with Crippen LogP contribution in [0.5, 0.6) is 0 Å². The molecule has 2 amide bonds. The highest BCUT2D eigenvalue weighted by atomic mass is 16.2. The lowest BCUT2D eigenvalue weighted by Gasteiger charge is -2.35. The lowest BCUT2D eigenvalue weighted by molar-refractivity contribution is -0.125. The average Bonchev–Trinajstić information content (AvgIpc) is 2.71. The van der Waals surface area contributed by atoms with E-state index in [1.807, 2.05) is 69.3 Å². The average molecular weight is 380 g/mol. The number of para-hydroxylation sites is 1. The Kier molecular flexibility index (Phi) is 6.47. The number of nitrogens with zero attached hydrogens (tertiary/aromatic N) is 1. The van der Waals surface area contributed by atoms with Gasteiger partial charge in [0.05, 0.1) is 12.0 Å². The van der Waals surface area contributed by atoms with Crippen LogP contribution in [0.2, 0.25) is 0 Å². The maximum absolute atomic E-state index is 12.8. The zero-order valence-corrected chi connectivity index (χ0v) is 16.9. The van der Waals surface area contributed by atoms with Crippen LogP contribution in [-0.2, 0) is 9.59 Å². The van der Waals surface area contributed by atoms with Crippen LogP contribution in [0, 0.1) is 19.8 Å². The lowest BCUT2D eigenvalue weighted by atomic mass is 9.95. The first-order chi connectivity index (χ1) is 13.4. The van der Waals surface area contributed by atoms with E-state index in [0.29, 0.717) is 6.54 Å².